The van der Waals surface area contributed by atoms with E-state index in [2.05, 4.69) is 0 Å². The lowest BCUT2D eigenvalue weighted by Gasteiger charge is -2.24. The maximum atomic E-state index is 13.7. The van der Waals surface area contributed by atoms with Crippen LogP contribution in [0.1, 0.15) is 23.2 Å². The normalized spacial score (nSPS) is 15.2. The van der Waals surface area contributed by atoms with Gasteiger partial charge in [-0.05, 0) is 25.0 Å². The SMILES string of the molecule is Nc1cc(F)cc(C(=O)N(CC(F)(F)F)C2CC2)c1F. The van der Waals surface area contributed by atoms with Gasteiger partial charge in [-0.1, -0.05) is 0 Å². The number of benzene rings is 1. The molecule has 1 aliphatic rings. The molecule has 2 N–H and O–H groups in total. The number of amides is 1. The van der Waals surface area contributed by atoms with E-state index in [1.807, 2.05) is 0 Å². The van der Waals surface area contributed by atoms with Crippen molar-refractivity contribution in [3.8, 4) is 0 Å². The Kier molecular flexibility index (Phi) is 3.58. The topological polar surface area (TPSA) is 46.3 Å². The Hall–Kier alpha value is -1.86. The summed E-state index contributed by atoms with van der Waals surface area (Å²) in [6.45, 7) is -1.49. The minimum absolute atomic E-state index is 0.411. The van der Waals surface area contributed by atoms with Crippen LogP contribution in [0.4, 0.5) is 27.6 Å². The molecule has 0 atom stereocenters. The van der Waals surface area contributed by atoms with E-state index in [1.54, 1.807) is 0 Å². The first kappa shape index (κ1) is 14.5. The number of rotatable bonds is 3. The van der Waals surface area contributed by atoms with Crippen molar-refractivity contribution in [2.45, 2.75) is 25.1 Å². The molecule has 0 aromatic heterocycles. The quantitative estimate of drug-likeness (QED) is 0.688. The molecule has 1 amide bonds. The number of nitrogens with zero attached hydrogens (tertiary/aromatic N) is 1. The van der Waals surface area contributed by atoms with E-state index < -0.39 is 47.6 Å². The van der Waals surface area contributed by atoms with Crippen LogP contribution >= 0.6 is 0 Å². The first-order valence-corrected chi connectivity index (χ1v) is 5.81. The number of hydrogen-bond acceptors (Lipinski definition) is 2. The van der Waals surface area contributed by atoms with Crippen LogP contribution < -0.4 is 5.73 Å². The highest BCUT2D eigenvalue weighted by Gasteiger charge is 2.41. The molecule has 0 saturated heterocycles. The smallest absolute Gasteiger partial charge is 0.396 e. The largest absolute Gasteiger partial charge is 0.406 e. The molecule has 110 valence electrons. The molecule has 1 aromatic rings. The number of anilines is 1. The standard InChI is InChI=1S/C12H11F5N2O/c13-6-3-8(10(14)9(18)4-6)11(20)19(7-1-2-7)5-12(15,16)17/h3-4,7H,1-2,5,18H2. The highest BCUT2D eigenvalue weighted by atomic mass is 19.4. The Balaban J connectivity index is 2.33. The van der Waals surface area contributed by atoms with Crippen LogP contribution in [0.5, 0.6) is 0 Å². The number of carbonyl (C=O) groups excluding carboxylic acids is 1. The van der Waals surface area contributed by atoms with Crippen molar-refractivity contribution in [3.63, 3.8) is 0 Å². The average molecular weight is 294 g/mol. The third-order valence-corrected chi connectivity index (χ3v) is 2.89. The lowest BCUT2D eigenvalue weighted by Crippen LogP contribution is -2.41. The van der Waals surface area contributed by atoms with Crippen molar-refractivity contribution in [1.82, 2.24) is 4.90 Å². The minimum atomic E-state index is -4.60. The zero-order chi connectivity index (χ0) is 15.1. The van der Waals surface area contributed by atoms with E-state index in [1.165, 1.54) is 0 Å². The van der Waals surface area contributed by atoms with E-state index in [-0.39, 0.29) is 0 Å². The molecule has 0 unspecified atom stereocenters. The average Bonchev–Trinajstić information content (AvgIpc) is 3.12. The van der Waals surface area contributed by atoms with Crippen LogP contribution in [0.25, 0.3) is 0 Å². The predicted octanol–water partition coefficient (Wildman–Crippen LogP) is 2.71. The second-order valence-electron chi connectivity index (χ2n) is 4.64. The van der Waals surface area contributed by atoms with Crippen molar-refractivity contribution in [2.24, 2.45) is 0 Å². The number of halogens is 5. The summed E-state index contributed by atoms with van der Waals surface area (Å²) in [5, 5.41) is 0. The molecule has 1 saturated carbocycles. The van der Waals surface area contributed by atoms with Crippen LogP contribution in [0, 0.1) is 11.6 Å². The Morgan fingerprint density at radius 3 is 2.40 bits per heavy atom. The highest BCUT2D eigenvalue weighted by Crippen LogP contribution is 2.32. The van der Waals surface area contributed by atoms with E-state index in [0.717, 1.165) is 0 Å². The fraction of sp³-hybridized carbons (Fsp3) is 0.417. The second-order valence-corrected chi connectivity index (χ2v) is 4.64. The van der Waals surface area contributed by atoms with Crippen molar-refractivity contribution < 1.29 is 26.7 Å². The summed E-state index contributed by atoms with van der Waals surface area (Å²) >= 11 is 0. The van der Waals surface area contributed by atoms with Gasteiger partial charge in [-0.2, -0.15) is 13.2 Å². The maximum absolute atomic E-state index is 13.7. The van der Waals surface area contributed by atoms with E-state index in [9.17, 15) is 26.7 Å². The van der Waals surface area contributed by atoms with Crippen LogP contribution in [0.3, 0.4) is 0 Å². The highest BCUT2D eigenvalue weighted by molar-refractivity contribution is 5.96. The van der Waals surface area contributed by atoms with Gasteiger partial charge in [0.1, 0.15) is 12.4 Å². The summed E-state index contributed by atoms with van der Waals surface area (Å²) in [5.41, 5.74) is 3.78. The number of alkyl halides is 3. The number of nitrogens with two attached hydrogens (primary N) is 1. The Labute approximate surface area is 111 Å². The van der Waals surface area contributed by atoms with Gasteiger partial charge in [-0.3, -0.25) is 4.79 Å². The minimum Gasteiger partial charge on any atom is -0.396 e. The van der Waals surface area contributed by atoms with E-state index in [0.29, 0.717) is 29.9 Å². The molecule has 8 heteroatoms. The molecule has 0 radical (unpaired) electrons. The Morgan fingerprint density at radius 2 is 1.90 bits per heavy atom. The van der Waals surface area contributed by atoms with Crippen molar-refractivity contribution in [2.75, 3.05) is 12.3 Å². The maximum Gasteiger partial charge on any atom is 0.406 e. The lowest BCUT2D eigenvalue weighted by molar-refractivity contribution is -0.141. The van der Waals surface area contributed by atoms with Gasteiger partial charge < -0.3 is 10.6 Å². The zero-order valence-electron chi connectivity index (χ0n) is 10.2. The monoisotopic (exact) mass is 294 g/mol. The summed E-state index contributed by atoms with van der Waals surface area (Å²) in [4.78, 5) is 12.5. The first-order chi connectivity index (χ1) is 9.19. The van der Waals surface area contributed by atoms with Gasteiger partial charge >= 0.3 is 6.18 Å². The summed E-state index contributed by atoms with van der Waals surface area (Å²) in [6, 6.07) is 0.630. The molecule has 2 rings (SSSR count). The molecule has 1 aliphatic carbocycles. The van der Waals surface area contributed by atoms with Gasteiger partial charge in [-0.25, -0.2) is 8.78 Å². The molecule has 3 nitrogen and oxygen atoms in total. The van der Waals surface area contributed by atoms with Crippen LogP contribution in [-0.4, -0.2) is 29.6 Å². The van der Waals surface area contributed by atoms with Crippen LogP contribution in [-0.2, 0) is 0 Å². The third-order valence-electron chi connectivity index (χ3n) is 2.89. The summed E-state index contributed by atoms with van der Waals surface area (Å²) in [5.74, 6) is -3.38. The van der Waals surface area contributed by atoms with Crippen molar-refractivity contribution in [3.05, 3.63) is 29.3 Å². The molecule has 0 spiro atoms. The molecule has 0 bridgehead atoms. The third kappa shape index (κ3) is 3.17. The lowest BCUT2D eigenvalue weighted by atomic mass is 10.1. The van der Waals surface area contributed by atoms with Gasteiger partial charge in [0.05, 0.1) is 11.3 Å². The second kappa shape index (κ2) is 4.92. The van der Waals surface area contributed by atoms with Gasteiger partial charge in [0.25, 0.3) is 5.91 Å². The first-order valence-electron chi connectivity index (χ1n) is 5.81. The zero-order valence-corrected chi connectivity index (χ0v) is 10.2. The van der Waals surface area contributed by atoms with E-state index in [4.69, 9.17) is 5.73 Å². The molecule has 0 aliphatic heterocycles. The van der Waals surface area contributed by atoms with Gasteiger partial charge in [-0.15, -0.1) is 0 Å². The van der Waals surface area contributed by atoms with Crippen LogP contribution in [0.2, 0.25) is 0 Å². The number of nitrogen functional groups attached to an aromatic ring is 1. The number of carbonyl (C=O) groups is 1. The molecule has 20 heavy (non-hydrogen) atoms. The van der Waals surface area contributed by atoms with Crippen molar-refractivity contribution in [1.29, 1.82) is 0 Å². The van der Waals surface area contributed by atoms with E-state index >= 15 is 0 Å². The summed E-state index contributed by atoms with van der Waals surface area (Å²) in [7, 11) is 0. The summed E-state index contributed by atoms with van der Waals surface area (Å²) < 4.78 is 64.2. The van der Waals surface area contributed by atoms with Crippen LogP contribution in [0.15, 0.2) is 12.1 Å². The molecule has 1 aromatic carbocycles. The summed E-state index contributed by atoms with van der Waals surface area (Å²) in [6.07, 6.45) is -3.78. The molecular weight excluding hydrogens is 283 g/mol. The fourth-order valence-corrected chi connectivity index (χ4v) is 1.87. The van der Waals surface area contributed by atoms with Crippen molar-refractivity contribution >= 4 is 11.6 Å². The van der Waals surface area contributed by atoms with Gasteiger partial charge in [0.2, 0.25) is 0 Å². The Bertz CT molecular complexity index is 539. The van der Waals surface area contributed by atoms with Gasteiger partial charge in [0.15, 0.2) is 5.82 Å². The molecule has 0 heterocycles. The molecule has 1 fully saturated rings. The molecular formula is C12H11F5N2O. The Morgan fingerprint density at radius 1 is 1.30 bits per heavy atom. The number of hydrogen-bond donors (Lipinski definition) is 1. The van der Waals surface area contributed by atoms with Gasteiger partial charge in [0, 0.05) is 6.04 Å². The fourth-order valence-electron chi connectivity index (χ4n) is 1.87. The predicted molar refractivity (Wildman–Crippen MR) is 60.9 cm³/mol.